The second kappa shape index (κ2) is 6.22. The molecular formula is C17H21N3O2. The predicted molar refractivity (Wildman–Crippen MR) is 84.1 cm³/mol. The van der Waals surface area contributed by atoms with Gasteiger partial charge in [0.2, 0.25) is 0 Å². The van der Waals surface area contributed by atoms with Crippen molar-refractivity contribution >= 4 is 5.91 Å². The first-order chi connectivity index (χ1) is 10.7. The third-order valence-electron chi connectivity index (χ3n) is 4.22. The summed E-state index contributed by atoms with van der Waals surface area (Å²) in [7, 11) is 1.68. The lowest BCUT2D eigenvalue weighted by Crippen LogP contribution is -2.37. The van der Waals surface area contributed by atoms with Crippen molar-refractivity contribution in [3.63, 3.8) is 0 Å². The summed E-state index contributed by atoms with van der Waals surface area (Å²) in [4.78, 5) is 21.8. The summed E-state index contributed by atoms with van der Waals surface area (Å²) < 4.78 is 5.42. The average molecular weight is 299 g/mol. The van der Waals surface area contributed by atoms with Gasteiger partial charge in [-0.15, -0.1) is 0 Å². The van der Waals surface area contributed by atoms with Crippen molar-refractivity contribution in [2.75, 3.05) is 13.7 Å². The SMILES string of the molecule is COc1ccccc1CC1CCCN1C(=O)c1cnc(C)[nH]1. The van der Waals surface area contributed by atoms with Gasteiger partial charge in [0.05, 0.1) is 13.3 Å². The molecule has 2 aromatic rings. The van der Waals surface area contributed by atoms with Crippen LogP contribution in [0.4, 0.5) is 0 Å². The number of methoxy groups -OCH3 is 1. The lowest BCUT2D eigenvalue weighted by molar-refractivity contribution is 0.0730. The minimum absolute atomic E-state index is 0.0398. The minimum atomic E-state index is 0.0398. The number of aromatic nitrogens is 2. The number of aryl methyl sites for hydroxylation is 1. The third-order valence-corrected chi connectivity index (χ3v) is 4.22. The van der Waals surface area contributed by atoms with E-state index in [1.54, 1.807) is 13.3 Å². The Labute approximate surface area is 130 Å². The van der Waals surface area contributed by atoms with E-state index in [2.05, 4.69) is 16.0 Å². The maximum atomic E-state index is 12.6. The number of amides is 1. The number of para-hydroxylation sites is 1. The molecule has 1 fully saturated rings. The molecule has 0 bridgehead atoms. The van der Waals surface area contributed by atoms with E-state index in [9.17, 15) is 4.79 Å². The average Bonchev–Trinajstić information content (AvgIpc) is 3.16. The van der Waals surface area contributed by atoms with Gasteiger partial charge in [-0.3, -0.25) is 4.79 Å². The first-order valence-corrected chi connectivity index (χ1v) is 7.63. The zero-order valence-electron chi connectivity index (χ0n) is 13.0. The number of carbonyl (C=O) groups excluding carboxylic acids is 1. The molecule has 1 unspecified atom stereocenters. The van der Waals surface area contributed by atoms with Crippen LogP contribution in [-0.4, -0.2) is 40.5 Å². The second-order valence-corrected chi connectivity index (χ2v) is 5.69. The van der Waals surface area contributed by atoms with Crippen molar-refractivity contribution in [3.05, 3.63) is 47.5 Å². The lowest BCUT2D eigenvalue weighted by Gasteiger charge is -2.24. The maximum Gasteiger partial charge on any atom is 0.272 e. The number of likely N-dealkylation sites (tertiary alicyclic amines) is 1. The summed E-state index contributed by atoms with van der Waals surface area (Å²) in [5.74, 6) is 1.70. The second-order valence-electron chi connectivity index (χ2n) is 5.69. The van der Waals surface area contributed by atoms with Crippen LogP contribution in [0.2, 0.25) is 0 Å². The Bertz CT molecular complexity index is 665. The van der Waals surface area contributed by atoms with Crippen molar-refractivity contribution in [2.45, 2.75) is 32.2 Å². The van der Waals surface area contributed by atoms with E-state index in [4.69, 9.17) is 4.74 Å². The van der Waals surface area contributed by atoms with E-state index in [0.29, 0.717) is 5.69 Å². The van der Waals surface area contributed by atoms with Gasteiger partial charge in [-0.1, -0.05) is 18.2 Å². The Hall–Kier alpha value is -2.30. The number of carbonyl (C=O) groups is 1. The predicted octanol–water partition coefficient (Wildman–Crippen LogP) is 2.57. The summed E-state index contributed by atoms with van der Waals surface area (Å²) in [6.07, 6.45) is 4.51. The molecule has 0 radical (unpaired) electrons. The van der Waals surface area contributed by atoms with Crippen molar-refractivity contribution in [3.8, 4) is 5.75 Å². The van der Waals surface area contributed by atoms with Gasteiger partial charge in [-0.05, 0) is 37.8 Å². The first kappa shape index (κ1) is 14.6. The highest BCUT2D eigenvalue weighted by atomic mass is 16.5. The normalized spacial score (nSPS) is 17.7. The lowest BCUT2D eigenvalue weighted by atomic mass is 10.0. The minimum Gasteiger partial charge on any atom is -0.496 e. The standard InChI is InChI=1S/C17H21N3O2/c1-12-18-11-15(19-12)17(21)20-9-5-7-14(20)10-13-6-3-4-8-16(13)22-2/h3-4,6,8,11,14H,5,7,9-10H2,1-2H3,(H,18,19). The van der Waals surface area contributed by atoms with Gasteiger partial charge < -0.3 is 14.6 Å². The Morgan fingerprint density at radius 2 is 2.27 bits per heavy atom. The van der Waals surface area contributed by atoms with Crippen molar-refractivity contribution in [1.82, 2.24) is 14.9 Å². The van der Waals surface area contributed by atoms with E-state index in [0.717, 1.165) is 42.9 Å². The molecule has 1 aliphatic heterocycles. The molecule has 2 heterocycles. The topological polar surface area (TPSA) is 58.2 Å². The number of nitrogens with zero attached hydrogens (tertiary/aromatic N) is 2. The van der Waals surface area contributed by atoms with E-state index in [1.807, 2.05) is 30.0 Å². The van der Waals surface area contributed by atoms with Crippen LogP contribution in [0.25, 0.3) is 0 Å². The number of rotatable bonds is 4. The summed E-state index contributed by atoms with van der Waals surface area (Å²) in [6.45, 7) is 2.66. The highest BCUT2D eigenvalue weighted by Gasteiger charge is 2.30. The number of hydrogen-bond donors (Lipinski definition) is 1. The molecule has 3 rings (SSSR count). The fourth-order valence-corrected chi connectivity index (χ4v) is 3.12. The van der Waals surface area contributed by atoms with Crippen LogP contribution in [0, 0.1) is 6.92 Å². The molecule has 22 heavy (non-hydrogen) atoms. The number of hydrogen-bond acceptors (Lipinski definition) is 3. The number of aromatic amines is 1. The van der Waals surface area contributed by atoms with Gasteiger partial charge in [-0.2, -0.15) is 0 Å². The van der Waals surface area contributed by atoms with E-state index >= 15 is 0 Å². The summed E-state index contributed by atoms with van der Waals surface area (Å²) in [5, 5.41) is 0. The fraction of sp³-hybridized carbons (Fsp3) is 0.412. The molecule has 1 amide bonds. The number of nitrogens with one attached hydrogen (secondary N) is 1. The summed E-state index contributed by atoms with van der Waals surface area (Å²) in [5.41, 5.74) is 1.72. The number of benzene rings is 1. The van der Waals surface area contributed by atoms with Gasteiger partial charge in [0.15, 0.2) is 0 Å². The molecule has 1 saturated heterocycles. The largest absolute Gasteiger partial charge is 0.496 e. The quantitative estimate of drug-likeness (QED) is 0.944. The van der Waals surface area contributed by atoms with Crippen LogP contribution < -0.4 is 4.74 Å². The zero-order valence-corrected chi connectivity index (χ0v) is 13.0. The van der Waals surface area contributed by atoms with E-state index in [1.165, 1.54) is 0 Å². The van der Waals surface area contributed by atoms with Gasteiger partial charge in [0.1, 0.15) is 17.3 Å². The highest BCUT2D eigenvalue weighted by Crippen LogP contribution is 2.27. The Kier molecular flexibility index (Phi) is 4.13. The van der Waals surface area contributed by atoms with Crippen molar-refractivity contribution in [2.24, 2.45) is 0 Å². The molecule has 1 atom stereocenters. The zero-order chi connectivity index (χ0) is 15.5. The van der Waals surface area contributed by atoms with Gasteiger partial charge in [0.25, 0.3) is 5.91 Å². The van der Waals surface area contributed by atoms with Crippen LogP contribution in [-0.2, 0) is 6.42 Å². The summed E-state index contributed by atoms with van der Waals surface area (Å²) in [6, 6.07) is 8.23. The molecule has 116 valence electrons. The molecule has 1 aromatic carbocycles. The molecule has 0 saturated carbocycles. The molecule has 5 heteroatoms. The maximum absolute atomic E-state index is 12.6. The van der Waals surface area contributed by atoms with Crippen LogP contribution in [0.5, 0.6) is 5.75 Å². The first-order valence-electron chi connectivity index (χ1n) is 7.63. The van der Waals surface area contributed by atoms with Crippen molar-refractivity contribution in [1.29, 1.82) is 0 Å². The molecule has 1 N–H and O–H groups in total. The smallest absolute Gasteiger partial charge is 0.272 e. The number of H-pyrrole nitrogens is 1. The molecular weight excluding hydrogens is 278 g/mol. The van der Waals surface area contributed by atoms with Gasteiger partial charge >= 0.3 is 0 Å². The van der Waals surface area contributed by atoms with Crippen LogP contribution in [0.3, 0.4) is 0 Å². The van der Waals surface area contributed by atoms with Crippen LogP contribution >= 0.6 is 0 Å². The Morgan fingerprint density at radius 3 is 3.00 bits per heavy atom. The van der Waals surface area contributed by atoms with E-state index in [-0.39, 0.29) is 11.9 Å². The summed E-state index contributed by atoms with van der Waals surface area (Å²) >= 11 is 0. The van der Waals surface area contributed by atoms with Gasteiger partial charge in [0, 0.05) is 12.6 Å². The Morgan fingerprint density at radius 1 is 1.45 bits per heavy atom. The molecule has 1 aliphatic rings. The third kappa shape index (κ3) is 2.84. The number of imidazole rings is 1. The van der Waals surface area contributed by atoms with Crippen molar-refractivity contribution < 1.29 is 9.53 Å². The molecule has 0 aliphatic carbocycles. The number of ether oxygens (including phenoxy) is 1. The van der Waals surface area contributed by atoms with Crippen LogP contribution in [0.15, 0.2) is 30.5 Å². The Balaban J connectivity index is 1.77. The molecule has 1 aromatic heterocycles. The molecule has 0 spiro atoms. The van der Waals surface area contributed by atoms with E-state index < -0.39 is 0 Å². The van der Waals surface area contributed by atoms with Gasteiger partial charge in [-0.25, -0.2) is 4.98 Å². The monoisotopic (exact) mass is 299 g/mol. The van der Waals surface area contributed by atoms with Crippen LogP contribution in [0.1, 0.15) is 34.7 Å². The highest BCUT2D eigenvalue weighted by molar-refractivity contribution is 5.92. The fourth-order valence-electron chi connectivity index (χ4n) is 3.12. The molecule has 5 nitrogen and oxygen atoms in total.